The number of amides is 1. The number of anilines is 1. The standard InChI is InChI=1S/C18H20N4O3/c1-21-15-5-3-2-4-13(15)17(14(10-19)18(21)25)20-12-6-8-22(9-7-12)16(24)11-23/h2-5,12,20,23H,6-9,11H2,1H3. The van der Waals surface area contributed by atoms with E-state index >= 15 is 0 Å². The fourth-order valence-electron chi connectivity index (χ4n) is 3.33. The maximum atomic E-state index is 12.5. The lowest BCUT2D eigenvalue weighted by Crippen LogP contribution is -2.43. The van der Waals surface area contributed by atoms with Gasteiger partial charge < -0.3 is 19.9 Å². The Labute approximate surface area is 145 Å². The third-order valence-corrected chi connectivity index (χ3v) is 4.75. The summed E-state index contributed by atoms with van der Waals surface area (Å²) in [5, 5.41) is 22.6. The number of nitriles is 1. The Bertz CT molecular complexity index is 905. The zero-order valence-electron chi connectivity index (χ0n) is 14.0. The average molecular weight is 340 g/mol. The van der Waals surface area contributed by atoms with Crippen LogP contribution in [0.1, 0.15) is 18.4 Å². The lowest BCUT2D eigenvalue weighted by Gasteiger charge is -2.33. The SMILES string of the molecule is Cn1c(=O)c(C#N)c(NC2CCN(C(=O)CO)CC2)c2ccccc21. The highest BCUT2D eigenvalue weighted by atomic mass is 16.3. The van der Waals surface area contributed by atoms with E-state index in [1.807, 2.05) is 30.3 Å². The molecule has 0 bridgehead atoms. The largest absolute Gasteiger partial charge is 0.387 e. The fourth-order valence-corrected chi connectivity index (χ4v) is 3.33. The predicted octanol–water partition coefficient (Wildman–Crippen LogP) is 0.805. The number of aliphatic hydroxyl groups is 1. The van der Waals surface area contributed by atoms with Gasteiger partial charge in [-0.15, -0.1) is 0 Å². The van der Waals surface area contributed by atoms with Crippen molar-refractivity contribution in [1.29, 1.82) is 5.26 Å². The van der Waals surface area contributed by atoms with Crippen LogP contribution < -0.4 is 10.9 Å². The summed E-state index contributed by atoms with van der Waals surface area (Å²) in [6.45, 7) is 0.611. The van der Waals surface area contributed by atoms with Crippen molar-refractivity contribution >= 4 is 22.5 Å². The highest BCUT2D eigenvalue weighted by Gasteiger charge is 2.24. The molecule has 0 radical (unpaired) electrons. The quantitative estimate of drug-likeness (QED) is 0.861. The van der Waals surface area contributed by atoms with Gasteiger partial charge in [-0.05, 0) is 18.9 Å². The second-order valence-electron chi connectivity index (χ2n) is 6.20. The normalized spacial score (nSPS) is 15.2. The van der Waals surface area contributed by atoms with Crippen LogP contribution in [-0.2, 0) is 11.8 Å². The van der Waals surface area contributed by atoms with Gasteiger partial charge in [-0.2, -0.15) is 5.26 Å². The Morgan fingerprint density at radius 1 is 1.36 bits per heavy atom. The number of piperidine rings is 1. The minimum absolute atomic E-state index is 0.0605. The zero-order chi connectivity index (χ0) is 18.0. The van der Waals surface area contributed by atoms with Crippen LogP contribution in [0.3, 0.4) is 0 Å². The van der Waals surface area contributed by atoms with Crippen LogP contribution in [0.2, 0.25) is 0 Å². The minimum Gasteiger partial charge on any atom is -0.387 e. The number of benzene rings is 1. The summed E-state index contributed by atoms with van der Waals surface area (Å²) in [5.74, 6) is -0.268. The summed E-state index contributed by atoms with van der Waals surface area (Å²) in [7, 11) is 1.66. The second kappa shape index (κ2) is 6.95. The van der Waals surface area contributed by atoms with Crippen molar-refractivity contribution in [2.45, 2.75) is 18.9 Å². The molecule has 1 amide bonds. The molecule has 1 fully saturated rings. The number of nitrogens with one attached hydrogen (secondary N) is 1. The molecule has 1 aliphatic heterocycles. The molecule has 1 aromatic carbocycles. The maximum Gasteiger partial charge on any atom is 0.270 e. The Balaban J connectivity index is 1.92. The van der Waals surface area contributed by atoms with Crippen LogP contribution in [0.25, 0.3) is 10.9 Å². The third-order valence-electron chi connectivity index (χ3n) is 4.75. The number of aromatic nitrogens is 1. The molecule has 7 heteroatoms. The molecule has 0 saturated carbocycles. The summed E-state index contributed by atoms with van der Waals surface area (Å²) < 4.78 is 1.49. The van der Waals surface area contributed by atoms with Crippen molar-refractivity contribution < 1.29 is 9.90 Å². The first kappa shape index (κ1) is 17.0. The molecule has 1 aliphatic rings. The molecule has 130 valence electrons. The van der Waals surface area contributed by atoms with Crippen LogP contribution in [0.15, 0.2) is 29.1 Å². The molecule has 0 unspecified atom stereocenters. The third kappa shape index (κ3) is 3.08. The van der Waals surface area contributed by atoms with Crippen LogP contribution in [0, 0.1) is 11.3 Å². The smallest absolute Gasteiger partial charge is 0.270 e. The molecular formula is C18H20N4O3. The number of carbonyl (C=O) groups is 1. The summed E-state index contributed by atoms with van der Waals surface area (Å²) in [5.41, 5.74) is 1.11. The number of aliphatic hydroxyl groups excluding tert-OH is 1. The number of hydrogen-bond acceptors (Lipinski definition) is 5. The van der Waals surface area contributed by atoms with Crippen molar-refractivity contribution in [3.63, 3.8) is 0 Å². The first-order valence-electron chi connectivity index (χ1n) is 8.23. The van der Waals surface area contributed by atoms with Crippen molar-refractivity contribution in [2.24, 2.45) is 7.05 Å². The number of rotatable bonds is 3. The van der Waals surface area contributed by atoms with Crippen molar-refractivity contribution in [3.05, 3.63) is 40.2 Å². The number of fused-ring (bicyclic) bond motifs is 1. The van der Waals surface area contributed by atoms with Crippen molar-refractivity contribution in [1.82, 2.24) is 9.47 Å². The number of likely N-dealkylation sites (tertiary alicyclic amines) is 1. The van der Waals surface area contributed by atoms with Crippen LogP contribution in [0.5, 0.6) is 0 Å². The first-order chi connectivity index (χ1) is 12.1. The van der Waals surface area contributed by atoms with Gasteiger partial charge >= 0.3 is 0 Å². The molecule has 2 aromatic rings. The van der Waals surface area contributed by atoms with E-state index in [0.717, 1.165) is 10.9 Å². The Hall–Kier alpha value is -2.85. The van der Waals surface area contributed by atoms with Crippen molar-refractivity contribution in [3.8, 4) is 6.07 Å². The fraction of sp³-hybridized carbons (Fsp3) is 0.389. The van der Waals surface area contributed by atoms with Gasteiger partial charge in [0.25, 0.3) is 5.56 Å². The molecule has 2 heterocycles. The molecule has 3 rings (SSSR count). The molecule has 0 atom stereocenters. The van der Waals surface area contributed by atoms with Crippen molar-refractivity contribution in [2.75, 3.05) is 25.0 Å². The molecule has 0 aliphatic carbocycles. The number of carbonyl (C=O) groups excluding carboxylic acids is 1. The van der Waals surface area contributed by atoms with Gasteiger partial charge in [0.2, 0.25) is 5.91 Å². The maximum absolute atomic E-state index is 12.5. The molecule has 1 aromatic heterocycles. The predicted molar refractivity (Wildman–Crippen MR) is 94.2 cm³/mol. The monoisotopic (exact) mass is 340 g/mol. The van der Waals surface area contributed by atoms with Gasteiger partial charge in [-0.1, -0.05) is 18.2 Å². The molecule has 2 N–H and O–H groups in total. The van der Waals surface area contributed by atoms with E-state index in [4.69, 9.17) is 5.11 Å². The van der Waals surface area contributed by atoms with E-state index in [-0.39, 0.29) is 23.1 Å². The average Bonchev–Trinajstić information content (AvgIpc) is 2.66. The van der Waals surface area contributed by atoms with Gasteiger partial charge in [-0.3, -0.25) is 9.59 Å². The topological polar surface area (TPSA) is 98.4 Å². The van der Waals surface area contributed by atoms with Gasteiger partial charge in [0.15, 0.2) is 0 Å². The molecule has 25 heavy (non-hydrogen) atoms. The summed E-state index contributed by atoms with van der Waals surface area (Å²) >= 11 is 0. The molecule has 7 nitrogen and oxygen atoms in total. The minimum atomic E-state index is -0.476. The summed E-state index contributed by atoms with van der Waals surface area (Å²) in [6, 6.07) is 9.57. The number of aryl methyl sites for hydroxylation is 1. The number of pyridine rings is 1. The zero-order valence-corrected chi connectivity index (χ0v) is 14.0. The molecule has 0 spiro atoms. The van der Waals surface area contributed by atoms with E-state index in [1.54, 1.807) is 11.9 Å². The number of hydrogen-bond donors (Lipinski definition) is 2. The Morgan fingerprint density at radius 3 is 2.68 bits per heavy atom. The molecule has 1 saturated heterocycles. The Kier molecular flexibility index (Phi) is 4.72. The highest BCUT2D eigenvalue weighted by molar-refractivity contribution is 5.94. The van der Waals surface area contributed by atoms with Crippen LogP contribution in [0.4, 0.5) is 5.69 Å². The van der Waals surface area contributed by atoms with E-state index in [0.29, 0.717) is 31.6 Å². The van der Waals surface area contributed by atoms with E-state index in [2.05, 4.69) is 5.32 Å². The number of para-hydroxylation sites is 1. The molecular weight excluding hydrogens is 320 g/mol. The second-order valence-corrected chi connectivity index (χ2v) is 6.20. The van der Waals surface area contributed by atoms with Crippen LogP contribution in [-0.4, -0.2) is 46.2 Å². The van der Waals surface area contributed by atoms with Gasteiger partial charge in [0.05, 0.1) is 11.2 Å². The van der Waals surface area contributed by atoms with Gasteiger partial charge in [0.1, 0.15) is 18.2 Å². The lowest BCUT2D eigenvalue weighted by molar-refractivity contribution is -0.135. The van der Waals surface area contributed by atoms with E-state index in [9.17, 15) is 14.9 Å². The Morgan fingerprint density at radius 2 is 2.04 bits per heavy atom. The first-order valence-corrected chi connectivity index (χ1v) is 8.23. The van der Waals surface area contributed by atoms with Gasteiger partial charge in [0, 0.05) is 31.6 Å². The van der Waals surface area contributed by atoms with Crippen LogP contribution >= 0.6 is 0 Å². The van der Waals surface area contributed by atoms with E-state index in [1.165, 1.54) is 4.57 Å². The highest BCUT2D eigenvalue weighted by Crippen LogP contribution is 2.27. The van der Waals surface area contributed by atoms with E-state index < -0.39 is 6.61 Å². The summed E-state index contributed by atoms with van der Waals surface area (Å²) in [4.78, 5) is 25.7. The summed E-state index contributed by atoms with van der Waals surface area (Å²) in [6.07, 6.45) is 1.39. The number of nitrogens with zero attached hydrogens (tertiary/aromatic N) is 3. The lowest BCUT2D eigenvalue weighted by atomic mass is 10.0. The van der Waals surface area contributed by atoms with Gasteiger partial charge in [-0.25, -0.2) is 0 Å².